The Balaban J connectivity index is 1.64. The van der Waals surface area contributed by atoms with E-state index >= 15 is 0 Å². The maximum atomic E-state index is 5.87. The van der Waals surface area contributed by atoms with Crippen molar-refractivity contribution < 1.29 is 4.74 Å². The summed E-state index contributed by atoms with van der Waals surface area (Å²) in [5, 5.41) is 3.52. The minimum Gasteiger partial charge on any atom is -0.493 e. The van der Waals surface area contributed by atoms with Gasteiger partial charge in [0.15, 0.2) is 0 Å². The summed E-state index contributed by atoms with van der Waals surface area (Å²) in [7, 11) is 2.12. The largest absolute Gasteiger partial charge is 0.493 e. The molecule has 1 aromatic carbocycles. The van der Waals surface area contributed by atoms with Crippen LogP contribution in [0.4, 0.5) is 0 Å². The van der Waals surface area contributed by atoms with Crippen LogP contribution in [0, 0.1) is 0 Å². The zero-order valence-electron chi connectivity index (χ0n) is 12.9. The van der Waals surface area contributed by atoms with Crippen molar-refractivity contribution in [2.24, 2.45) is 0 Å². The Morgan fingerprint density at radius 2 is 1.86 bits per heavy atom. The summed E-state index contributed by atoms with van der Waals surface area (Å²) in [6.07, 6.45) is 7.92. The normalized spacial score (nSPS) is 35.9. The fourth-order valence-corrected chi connectivity index (χ4v) is 4.80. The average Bonchev–Trinajstić information content (AvgIpc) is 2.53. The van der Waals surface area contributed by atoms with Gasteiger partial charge in [-0.15, -0.1) is 0 Å². The zero-order valence-corrected chi connectivity index (χ0v) is 12.9. The van der Waals surface area contributed by atoms with Crippen molar-refractivity contribution in [3.63, 3.8) is 0 Å². The molecular weight excluding hydrogens is 260 g/mol. The molecule has 0 radical (unpaired) electrons. The minimum atomic E-state index is 0.572. The highest BCUT2D eigenvalue weighted by atomic mass is 16.5. The molecule has 3 atom stereocenters. The van der Waals surface area contributed by atoms with E-state index in [-0.39, 0.29) is 0 Å². The standard InChI is InChI=1S/C18H26N2O/c1-19-13-11-14-5-4-6-15(12-13)20(14)17-9-10-21-18-8-3-2-7-16(17)18/h2-3,7-8,13-15,17,19H,4-6,9-12H2,1H3. The monoisotopic (exact) mass is 286 g/mol. The number of rotatable bonds is 2. The second kappa shape index (κ2) is 5.62. The summed E-state index contributed by atoms with van der Waals surface area (Å²) in [6, 6.07) is 11.5. The number of ether oxygens (including phenoxy) is 1. The van der Waals surface area contributed by atoms with Crippen LogP contribution in [0.5, 0.6) is 5.75 Å². The second-order valence-corrected chi connectivity index (χ2v) is 6.83. The van der Waals surface area contributed by atoms with E-state index in [1.165, 1.54) is 37.7 Å². The Labute approximate surface area is 127 Å². The van der Waals surface area contributed by atoms with Crippen LogP contribution in [0.25, 0.3) is 0 Å². The van der Waals surface area contributed by atoms with Crippen LogP contribution in [0.3, 0.4) is 0 Å². The van der Waals surface area contributed by atoms with E-state index < -0.39 is 0 Å². The zero-order chi connectivity index (χ0) is 14.2. The molecule has 0 spiro atoms. The molecule has 114 valence electrons. The molecule has 0 amide bonds. The number of nitrogens with one attached hydrogen (secondary N) is 1. The summed E-state index contributed by atoms with van der Waals surface area (Å²) >= 11 is 0. The first kappa shape index (κ1) is 13.6. The van der Waals surface area contributed by atoms with Gasteiger partial charge in [0.1, 0.15) is 5.75 Å². The van der Waals surface area contributed by atoms with Crippen molar-refractivity contribution in [1.29, 1.82) is 0 Å². The van der Waals surface area contributed by atoms with Gasteiger partial charge in [0, 0.05) is 36.2 Å². The number of piperidine rings is 2. The van der Waals surface area contributed by atoms with E-state index in [4.69, 9.17) is 4.74 Å². The Morgan fingerprint density at radius 1 is 1.10 bits per heavy atom. The van der Waals surface area contributed by atoms with Crippen molar-refractivity contribution in [2.45, 2.75) is 62.7 Å². The summed E-state index contributed by atoms with van der Waals surface area (Å²) in [5.74, 6) is 1.11. The van der Waals surface area contributed by atoms with E-state index in [1.807, 2.05) is 0 Å². The van der Waals surface area contributed by atoms with Crippen molar-refractivity contribution >= 4 is 0 Å². The van der Waals surface area contributed by atoms with E-state index in [0.717, 1.165) is 30.9 Å². The quantitative estimate of drug-likeness (QED) is 0.904. The van der Waals surface area contributed by atoms with Gasteiger partial charge in [0.2, 0.25) is 0 Å². The van der Waals surface area contributed by atoms with Crippen molar-refractivity contribution in [1.82, 2.24) is 10.2 Å². The van der Waals surface area contributed by atoms with E-state index in [0.29, 0.717) is 12.1 Å². The van der Waals surface area contributed by atoms with Crippen LogP contribution in [0.2, 0.25) is 0 Å². The van der Waals surface area contributed by atoms with Gasteiger partial charge in [-0.05, 0) is 38.8 Å². The highest BCUT2D eigenvalue weighted by molar-refractivity contribution is 5.37. The van der Waals surface area contributed by atoms with Crippen LogP contribution in [0.1, 0.15) is 50.1 Å². The molecule has 2 fully saturated rings. The number of hydrogen-bond acceptors (Lipinski definition) is 3. The minimum absolute atomic E-state index is 0.572. The summed E-state index contributed by atoms with van der Waals surface area (Å²) in [5.41, 5.74) is 1.42. The van der Waals surface area contributed by atoms with Gasteiger partial charge in [-0.1, -0.05) is 24.6 Å². The van der Waals surface area contributed by atoms with Crippen molar-refractivity contribution in [2.75, 3.05) is 13.7 Å². The van der Waals surface area contributed by atoms with Gasteiger partial charge in [-0.25, -0.2) is 0 Å². The molecule has 3 heterocycles. The predicted octanol–water partition coefficient (Wildman–Crippen LogP) is 3.12. The van der Waals surface area contributed by atoms with Crippen LogP contribution < -0.4 is 10.1 Å². The van der Waals surface area contributed by atoms with E-state index in [1.54, 1.807) is 0 Å². The molecule has 3 unspecified atom stereocenters. The molecule has 3 aliphatic rings. The molecule has 3 aliphatic heterocycles. The number of para-hydroxylation sites is 1. The first-order chi connectivity index (χ1) is 10.4. The van der Waals surface area contributed by atoms with Crippen LogP contribution >= 0.6 is 0 Å². The lowest BCUT2D eigenvalue weighted by atomic mass is 9.79. The van der Waals surface area contributed by atoms with Crippen LogP contribution in [-0.4, -0.2) is 36.7 Å². The molecule has 2 saturated heterocycles. The third-order valence-corrected chi connectivity index (χ3v) is 5.73. The first-order valence-corrected chi connectivity index (χ1v) is 8.53. The van der Waals surface area contributed by atoms with Gasteiger partial charge < -0.3 is 10.1 Å². The predicted molar refractivity (Wildman–Crippen MR) is 84.6 cm³/mol. The fourth-order valence-electron chi connectivity index (χ4n) is 4.80. The van der Waals surface area contributed by atoms with Crippen molar-refractivity contribution in [3.05, 3.63) is 29.8 Å². The lowest BCUT2D eigenvalue weighted by molar-refractivity contribution is -0.0228. The fraction of sp³-hybridized carbons (Fsp3) is 0.667. The van der Waals surface area contributed by atoms with E-state index in [2.05, 4.69) is 41.5 Å². The molecule has 0 saturated carbocycles. The molecule has 3 nitrogen and oxygen atoms in total. The summed E-state index contributed by atoms with van der Waals surface area (Å²) in [6.45, 7) is 0.868. The van der Waals surface area contributed by atoms with Crippen molar-refractivity contribution in [3.8, 4) is 5.75 Å². The topological polar surface area (TPSA) is 24.5 Å². The first-order valence-electron chi connectivity index (χ1n) is 8.53. The Hall–Kier alpha value is -1.06. The lowest BCUT2D eigenvalue weighted by Gasteiger charge is -2.53. The second-order valence-electron chi connectivity index (χ2n) is 6.83. The Morgan fingerprint density at radius 3 is 2.62 bits per heavy atom. The van der Waals surface area contributed by atoms with Gasteiger partial charge >= 0.3 is 0 Å². The Bertz CT molecular complexity index is 490. The van der Waals surface area contributed by atoms with Gasteiger partial charge in [0.25, 0.3) is 0 Å². The number of nitrogens with zero attached hydrogens (tertiary/aromatic N) is 1. The molecule has 0 aliphatic carbocycles. The number of benzene rings is 1. The van der Waals surface area contributed by atoms with Gasteiger partial charge in [-0.3, -0.25) is 4.90 Å². The molecule has 2 bridgehead atoms. The third kappa shape index (κ3) is 2.36. The molecule has 0 aromatic heterocycles. The highest BCUT2D eigenvalue weighted by Gasteiger charge is 2.42. The van der Waals surface area contributed by atoms with E-state index in [9.17, 15) is 0 Å². The summed E-state index contributed by atoms with van der Waals surface area (Å²) in [4.78, 5) is 2.86. The van der Waals surface area contributed by atoms with Crippen LogP contribution in [-0.2, 0) is 0 Å². The molecule has 1 aromatic rings. The lowest BCUT2D eigenvalue weighted by Crippen LogP contribution is -2.57. The molecule has 1 N–H and O–H groups in total. The number of hydrogen-bond donors (Lipinski definition) is 1. The summed E-state index contributed by atoms with van der Waals surface area (Å²) < 4.78 is 5.87. The van der Waals surface area contributed by atoms with Crippen LogP contribution in [0.15, 0.2) is 24.3 Å². The molecular formula is C18H26N2O. The average molecular weight is 286 g/mol. The maximum Gasteiger partial charge on any atom is 0.124 e. The van der Waals surface area contributed by atoms with Gasteiger partial charge in [0.05, 0.1) is 6.61 Å². The molecule has 4 rings (SSSR count). The maximum absolute atomic E-state index is 5.87. The highest BCUT2D eigenvalue weighted by Crippen LogP contribution is 2.44. The smallest absolute Gasteiger partial charge is 0.124 e. The van der Waals surface area contributed by atoms with Gasteiger partial charge in [-0.2, -0.15) is 0 Å². The molecule has 21 heavy (non-hydrogen) atoms. The Kier molecular flexibility index (Phi) is 3.64. The molecule has 3 heteroatoms. The third-order valence-electron chi connectivity index (χ3n) is 5.73. The number of fused-ring (bicyclic) bond motifs is 3. The SMILES string of the molecule is CNC1CC2CCCC(C1)N2C1CCOc2ccccc21.